The maximum Gasteiger partial charge on any atom is 0.321 e. The minimum atomic E-state index is -0.856. The Bertz CT molecular complexity index is 518. The van der Waals surface area contributed by atoms with Crippen LogP contribution in [0.25, 0.3) is 0 Å². The smallest absolute Gasteiger partial charge is 0.321 e. The molecule has 0 bridgehead atoms. The summed E-state index contributed by atoms with van der Waals surface area (Å²) in [4.78, 5) is 24.9. The number of amides is 1. The average molecular weight is 311 g/mol. The molecular weight excluding hydrogens is 292 g/mol. The number of aliphatic carboxylic acids is 1. The summed E-state index contributed by atoms with van der Waals surface area (Å²) in [7, 11) is 0. The van der Waals surface area contributed by atoms with E-state index in [9.17, 15) is 14.7 Å². The summed E-state index contributed by atoms with van der Waals surface area (Å²) in [5, 5.41) is 12.7. The van der Waals surface area contributed by atoms with E-state index in [2.05, 4.69) is 5.32 Å². The molecule has 6 heteroatoms. The van der Waals surface area contributed by atoms with Crippen LogP contribution in [0.4, 0.5) is 0 Å². The van der Waals surface area contributed by atoms with E-state index in [1.165, 1.54) is 0 Å². The van der Waals surface area contributed by atoms with Gasteiger partial charge in [0.05, 0.1) is 6.54 Å². The minimum absolute atomic E-state index is 0.0755. The molecule has 0 spiro atoms. The van der Waals surface area contributed by atoms with Crippen LogP contribution in [0.3, 0.4) is 0 Å². The molecule has 0 radical (unpaired) electrons. The van der Waals surface area contributed by atoms with E-state index in [0.29, 0.717) is 18.1 Å². The van der Waals surface area contributed by atoms with Crippen molar-refractivity contribution in [1.29, 1.82) is 0 Å². The Morgan fingerprint density at radius 2 is 2.05 bits per heavy atom. The van der Waals surface area contributed by atoms with Crippen LogP contribution >= 0.6 is 11.6 Å². The zero-order chi connectivity index (χ0) is 15.4. The fourth-order valence-corrected chi connectivity index (χ4v) is 2.77. The van der Waals surface area contributed by atoms with E-state index in [4.69, 9.17) is 11.6 Å². The highest BCUT2D eigenvalue weighted by Gasteiger charge is 2.37. The van der Waals surface area contributed by atoms with E-state index in [1.54, 1.807) is 17.0 Å². The second kappa shape index (κ2) is 6.91. The Balaban J connectivity index is 1.84. The van der Waals surface area contributed by atoms with Crippen molar-refractivity contribution in [2.45, 2.75) is 25.9 Å². The number of halogens is 1. The molecule has 0 aromatic heterocycles. The summed E-state index contributed by atoms with van der Waals surface area (Å²) in [6.45, 7) is 3.09. The van der Waals surface area contributed by atoms with Crippen LogP contribution in [-0.4, -0.2) is 41.0 Å². The second-order valence-electron chi connectivity index (χ2n) is 5.42. The second-order valence-corrected chi connectivity index (χ2v) is 5.86. The maximum atomic E-state index is 11.9. The lowest BCUT2D eigenvalue weighted by atomic mass is 10.0. The van der Waals surface area contributed by atoms with Crippen LogP contribution in [0.15, 0.2) is 24.3 Å². The van der Waals surface area contributed by atoms with Crippen LogP contribution in [0, 0.1) is 5.92 Å². The number of carboxylic acid groups (broad SMARTS) is 1. The highest BCUT2D eigenvalue weighted by Crippen LogP contribution is 2.23. The van der Waals surface area contributed by atoms with Gasteiger partial charge in [-0.3, -0.25) is 14.5 Å². The van der Waals surface area contributed by atoms with Crippen LogP contribution in [0.5, 0.6) is 0 Å². The molecular formula is C15H19ClN2O3. The minimum Gasteiger partial charge on any atom is -0.480 e. The molecule has 5 nitrogen and oxygen atoms in total. The molecule has 2 N–H and O–H groups in total. The Hall–Kier alpha value is -1.59. The fraction of sp³-hybridized carbons (Fsp3) is 0.467. The molecule has 1 aliphatic rings. The summed E-state index contributed by atoms with van der Waals surface area (Å²) in [5.41, 5.74) is 0.956. The molecule has 2 rings (SSSR count). The highest BCUT2D eigenvalue weighted by atomic mass is 35.5. The standard InChI is InChI=1S/C15H19ClN2O3/c1-10-6-7-18(14(10)15(20)21)9-13(19)17-8-11-2-4-12(16)5-3-11/h2-5,10,14H,6-9H2,1H3,(H,17,19)(H,20,21). The number of likely N-dealkylation sites (tertiary alicyclic amines) is 1. The Labute approximate surface area is 128 Å². The van der Waals surface area contributed by atoms with Crippen molar-refractivity contribution >= 4 is 23.5 Å². The Morgan fingerprint density at radius 1 is 1.38 bits per heavy atom. The van der Waals surface area contributed by atoms with E-state index in [-0.39, 0.29) is 18.4 Å². The van der Waals surface area contributed by atoms with E-state index < -0.39 is 12.0 Å². The predicted octanol–water partition coefficient (Wildman–Crippen LogP) is 1.75. The first-order chi connectivity index (χ1) is 9.97. The van der Waals surface area contributed by atoms with Crippen molar-refractivity contribution in [3.05, 3.63) is 34.9 Å². The van der Waals surface area contributed by atoms with Gasteiger partial charge in [0.15, 0.2) is 0 Å². The molecule has 1 fully saturated rings. The zero-order valence-electron chi connectivity index (χ0n) is 11.9. The van der Waals surface area contributed by atoms with Gasteiger partial charge >= 0.3 is 5.97 Å². The number of rotatable bonds is 5. The fourth-order valence-electron chi connectivity index (χ4n) is 2.65. The summed E-state index contributed by atoms with van der Waals surface area (Å²) >= 11 is 5.80. The lowest BCUT2D eigenvalue weighted by molar-refractivity contribution is -0.143. The number of nitrogens with one attached hydrogen (secondary N) is 1. The zero-order valence-corrected chi connectivity index (χ0v) is 12.6. The summed E-state index contributed by atoms with van der Waals surface area (Å²) < 4.78 is 0. The number of carbonyl (C=O) groups is 2. The van der Waals surface area contributed by atoms with Gasteiger partial charge < -0.3 is 10.4 Å². The number of carbonyl (C=O) groups excluding carboxylic acids is 1. The molecule has 114 valence electrons. The first-order valence-electron chi connectivity index (χ1n) is 6.95. The lowest BCUT2D eigenvalue weighted by Crippen LogP contribution is -2.44. The average Bonchev–Trinajstić information content (AvgIpc) is 2.79. The number of benzene rings is 1. The molecule has 21 heavy (non-hydrogen) atoms. The number of carboxylic acids is 1. The summed E-state index contributed by atoms with van der Waals surface area (Å²) in [5.74, 6) is -0.942. The SMILES string of the molecule is CC1CCN(CC(=O)NCc2ccc(Cl)cc2)C1C(=O)O. The molecule has 1 aromatic carbocycles. The van der Waals surface area contributed by atoms with Crippen molar-refractivity contribution in [2.75, 3.05) is 13.1 Å². The van der Waals surface area contributed by atoms with Crippen molar-refractivity contribution in [3.8, 4) is 0 Å². The molecule has 1 amide bonds. The van der Waals surface area contributed by atoms with Crippen molar-refractivity contribution in [3.63, 3.8) is 0 Å². The van der Waals surface area contributed by atoms with Gasteiger partial charge in [-0.25, -0.2) is 0 Å². The molecule has 2 atom stereocenters. The summed E-state index contributed by atoms with van der Waals surface area (Å²) in [6, 6.07) is 6.67. The third kappa shape index (κ3) is 4.19. The number of hydrogen-bond acceptors (Lipinski definition) is 3. The molecule has 0 saturated carbocycles. The predicted molar refractivity (Wildman–Crippen MR) is 80.1 cm³/mol. The van der Waals surface area contributed by atoms with Crippen LogP contribution in [-0.2, 0) is 16.1 Å². The van der Waals surface area contributed by atoms with Gasteiger partial charge in [-0.1, -0.05) is 30.7 Å². The third-order valence-corrected chi connectivity index (χ3v) is 4.06. The quantitative estimate of drug-likeness (QED) is 0.869. The lowest BCUT2D eigenvalue weighted by Gasteiger charge is -2.22. The van der Waals surface area contributed by atoms with E-state index in [0.717, 1.165) is 12.0 Å². The Kier molecular flexibility index (Phi) is 5.20. The first-order valence-corrected chi connectivity index (χ1v) is 7.33. The van der Waals surface area contributed by atoms with Crippen molar-refractivity contribution < 1.29 is 14.7 Å². The first kappa shape index (κ1) is 15.8. The van der Waals surface area contributed by atoms with Gasteiger partial charge in [-0.05, 0) is 36.6 Å². The maximum absolute atomic E-state index is 11.9. The van der Waals surface area contributed by atoms with Gasteiger partial charge in [-0.15, -0.1) is 0 Å². The highest BCUT2D eigenvalue weighted by molar-refractivity contribution is 6.30. The normalized spacial score (nSPS) is 22.2. The monoisotopic (exact) mass is 310 g/mol. The molecule has 1 aliphatic heterocycles. The van der Waals surface area contributed by atoms with Crippen LogP contribution in [0.2, 0.25) is 5.02 Å². The summed E-state index contributed by atoms with van der Waals surface area (Å²) in [6.07, 6.45) is 0.807. The van der Waals surface area contributed by atoms with Gasteiger partial charge in [0.1, 0.15) is 6.04 Å². The molecule has 1 saturated heterocycles. The molecule has 1 aromatic rings. The van der Waals surface area contributed by atoms with Crippen LogP contribution < -0.4 is 5.32 Å². The third-order valence-electron chi connectivity index (χ3n) is 3.81. The molecule has 1 heterocycles. The topological polar surface area (TPSA) is 69.6 Å². The van der Waals surface area contributed by atoms with E-state index >= 15 is 0 Å². The Morgan fingerprint density at radius 3 is 2.67 bits per heavy atom. The van der Waals surface area contributed by atoms with Gasteiger partial charge in [0.25, 0.3) is 0 Å². The number of hydrogen-bond donors (Lipinski definition) is 2. The van der Waals surface area contributed by atoms with E-state index in [1.807, 2.05) is 19.1 Å². The van der Waals surface area contributed by atoms with Gasteiger partial charge in [-0.2, -0.15) is 0 Å². The van der Waals surface area contributed by atoms with Gasteiger partial charge in [0.2, 0.25) is 5.91 Å². The van der Waals surface area contributed by atoms with Crippen LogP contribution in [0.1, 0.15) is 18.9 Å². The van der Waals surface area contributed by atoms with Crippen molar-refractivity contribution in [2.24, 2.45) is 5.92 Å². The largest absolute Gasteiger partial charge is 0.480 e. The molecule has 0 aliphatic carbocycles. The number of nitrogens with zero attached hydrogens (tertiary/aromatic N) is 1. The molecule has 2 unspecified atom stereocenters. The van der Waals surface area contributed by atoms with Crippen molar-refractivity contribution in [1.82, 2.24) is 10.2 Å². The van der Waals surface area contributed by atoms with Gasteiger partial charge in [0, 0.05) is 11.6 Å².